The summed E-state index contributed by atoms with van der Waals surface area (Å²) in [5, 5.41) is 3.87. The zero-order valence-electron chi connectivity index (χ0n) is 11.5. The number of halogens is 1. The molecule has 3 nitrogen and oxygen atoms in total. The number of rotatable bonds is 3. The Morgan fingerprint density at radius 2 is 1.90 bits per heavy atom. The van der Waals surface area contributed by atoms with Crippen molar-refractivity contribution in [3.63, 3.8) is 0 Å². The van der Waals surface area contributed by atoms with Gasteiger partial charge in [0.05, 0.1) is 0 Å². The molecule has 1 amide bonds. The maximum Gasteiger partial charge on any atom is 0.249 e. The van der Waals surface area contributed by atoms with Crippen molar-refractivity contribution in [1.82, 2.24) is 0 Å². The van der Waals surface area contributed by atoms with Crippen LogP contribution in [0.3, 0.4) is 0 Å². The van der Waals surface area contributed by atoms with Gasteiger partial charge in [0, 0.05) is 5.56 Å². The van der Waals surface area contributed by atoms with Gasteiger partial charge in [0.1, 0.15) is 5.75 Å². The summed E-state index contributed by atoms with van der Waals surface area (Å²) < 4.78 is 5.49. The first-order valence-corrected chi connectivity index (χ1v) is 7.05. The molecule has 0 aliphatic carbocycles. The van der Waals surface area contributed by atoms with Crippen LogP contribution in [0.15, 0.2) is 48.5 Å². The van der Waals surface area contributed by atoms with Crippen LogP contribution in [0, 0.1) is 0 Å². The fourth-order valence-corrected chi connectivity index (χ4v) is 2.58. The second-order valence-corrected chi connectivity index (χ2v) is 5.53. The number of ether oxygens (including phenoxy) is 1. The second kappa shape index (κ2) is 5.26. The summed E-state index contributed by atoms with van der Waals surface area (Å²) in [6, 6.07) is 15.3. The fraction of sp³-hybridized carbons (Fsp3) is 0.118. The highest BCUT2D eigenvalue weighted by Gasteiger charge is 2.08. The van der Waals surface area contributed by atoms with Gasteiger partial charge in [-0.1, -0.05) is 29.8 Å². The van der Waals surface area contributed by atoms with Crippen LogP contribution < -0.4 is 10.5 Å². The fourth-order valence-electron chi connectivity index (χ4n) is 2.48. The summed E-state index contributed by atoms with van der Waals surface area (Å²) >= 11 is 5.84. The zero-order chi connectivity index (χ0) is 15.0. The van der Waals surface area contributed by atoms with Crippen LogP contribution in [-0.4, -0.2) is 11.5 Å². The highest BCUT2D eigenvalue weighted by atomic mass is 35.5. The Morgan fingerprint density at radius 3 is 2.62 bits per heavy atom. The molecule has 1 unspecified atom stereocenters. The Hall–Kier alpha value is -2.26. The normalized spacial score (nSPS) is 12.5. The van der Waals surface area contributed by atoms with Crippen molar-refractivity contribution in [3.05, 3.63) is 54.1 Å². The van der Waals surface area contributed by atoms with Crippen molar-refractivity contribution >= 4 is 39.1 Å². The lowest BCUT2D eigenvalue weighted by molar-refractivity contribution is 0.100. The molecule has 0 aromatic heterocycles. The average Bonchev–Trinajstić information content (AvgIpc) is 2.43. The lowest BCUT2D eigenvalue weighted by Gasteiger charge is -2.10. The van der Waals surface area contributed by atoms with Crippen LogP contribution >= 0.6 is 11.6 Å². The van der Waals surface area contributed by atoms with Crippen LogP contribution in [-0.2, 0) is 0 Å². The number of amides is 1. The van der Waals surface area contributed by atoms with E-state index in [0.29, 0.717) is 5.56 Å². The van der Waals surface area contributed by atoms with Gasteiger partial charge >= 0.3 is 0 Å². The summed E-state index contributed by atoms with van der Waals surface area (Å²) in [5.74, 6) is 0.297. The molecular formula is C17H14ClNO2. The van der Waals surface area contributed by atoms with Crippen LogP contribution in [0.4, 0.5) is 0 Å². The number of alkyl halides is 1. The Morgan fingerprint density at radius 1 is 1.10 bits per heavy atom. The molecule has 0 heterocycles. The van der Waals surface area contributed by atoms with E-state index in [1.807, 2.05) is 42.5 Å². The zero-order valence-corrected chi connectivity index (χ0v) is 12.2. The quantitative estimate of drug-likeness (QED) is 0.586. The highest BCUT2D eigenvalue weighted by molar-refractivity contribution is 6.19. The van der Waals surface area contributed by atoms with Crippen molar-refractivity contribution in [1.29, 1.82) is 0 Å². The van der Waals surface area contributed by atoms with Crippen LogP contribution in [0.2, 0.25) is 0 Å². The van der Waals surface area contributed by atoms with Gasteiger partial charge < -0.3 is 10.5 Å². The Bertz CT molecular complexity index is 843. The lowest BCUT2D eigenvalue weighted by atomic mass is 9.99. The van der Waals surface area contributed by atoms with E-state index in [0.717, 1.165) is 27.3 Å². The van der Waals surface area contributed by atoms with Gasteiger partial charge in [-0.05, 0) is 58.8 Å². The van der Waals surface area contributed by atoms with Crippen molar-refractivity contribution in [2.45, 2.75) is 12.5 Å². The van der Waals surface area contributed by atoms with Gasteiger partial charge in [-0.15, -0.1) is 0 Å². The molecule has 2 N–H and O–H groups in total. The van der Waals surface area contributed by atoms with Gasteiger partial charge in [-0.3, -0.25) is 4.79 Å². The molecule has 3 aromatic carbocycles. The van der Waals surface area contributed by atoms with E-state index in [1.54, 1.807) is 13.0 Å². The first kappa shape index (κ1) is 13.7. The monoisotopic (exact) mass is 299 g/mol. The highest BCUT2D eigenvalue weighted by Crippen LogP contribution is 2.28. The molecule has 1 atom stereocenters. The predicted octanol–water partition coefficient (Wildman–Crippen LogP) is 4.06. The standard InChI is InChI=1S/C17H14ClNO2/c1-10(18)21-14-6-5-11-9-16-12(7-13(11)8-14)3-2-4-15(16)17(19)20/h2-10H,1H3,(H2,19,20). The molecule has 0 spiro atoms. The molecule has 0 saturated carbocycles. The third kappa shape index (κ3) is 2.65. The minimum Gasteiger partial charge on any atom is -0.475 e. The van der Waals surface area contributed by atoms with Gasteiger partial charge in [0.25, 0.3) is 0 Å². The molecule has 0 saturated heterocycles. The van der Waals surface area contributed by atoms with E-state index in [1.165, 1.54) is 0 Å². The predicted molar refractivity (Wildman–Crippen MR) is 85.9 cm³/mol. The Balaban J connectivity index is 2.22. The summed E-state index contributed by atoms with van der Waals surface area (Å²) in [7, 11) is 0. The third-order valence-electron chi connectivity index (χ3n) is 3.37. The van der Waals surface area contributed by atoms with Gasteiger partial charge in [0.2, 0.25) is 5.91 Å². The minimum absolute atomic E-state index is 0.385. The number of carbonyl (C=O) groups excluding carboxylic acids is 1. The first-order valence-electron chi connectivity index (χ1n) is 6.61. The summed E-state index contributed by atoms with van der Waals surface area (Å²) in [4.78, 5) is 11.5. The number of fused-ring (bicyclic) bond motifs is 2. The van der Waals surface area contributed by atoms with Crippen LogP contribution in [0.5, 0.6) is 5.75 Å². The lowest BCUT2D eigenvalue weighted by Crippen LogP contribution is -2.11. The van der Waals surface area contributed by atoms with E-state index in [2.05, 4.69) is 0 Å². The first-order chi connectivity index (χ1) is 10.0. The van der Waals surface area contributed by atoms with Gasteiger partial charge in [-0.25, -0.2) is 0 Å². The largest absolute Gasteiger partial charge is 0.475 e. The van der Waals surface area contributed by atoms with E-state index < -0.39 is 5.91 Å². The van der Waals surface area contributed by atoms with E-state index in [9.17, 15) is 4.79 Å². The van der Waals surface area contributed by atoms with Gasteiger partial charge in [-0.2, -0.15) is 0 Å². The molecule has 4 heteroatoms. The topological polar surface area (TPSA) is 52.3 Å². The Kier molecular flexibility index (Phi) is 3.43. The molecule has 0 aliphatic rings. The van der Waals surface area contributed by atoms with Crippen molar-refractivity contribution in [3.8, 4) is 5.75 Å². The summed E-state index contributed by atoms with van der Waals surface area (Å²) in [6.45, 7) is 1.77. The number of nitrogens with two attached hydrogens (primary N) is 1. The van der Waals surface area contributed by atoms with Crippen molar-refractivity contribution < 1.29 is 9.53 Å². The third-order valence-corrected chi connectivity index (χ3v) is 3.46. The molecule has 3 rings (SSSR count). The summed E-state index contributed by atoms with van der Waals surface area (Å²) in [6.07, 6.45) is 0. The summed E-state index contributed by atoms with van der Waals surface area (Å²) in [5.41, 5.74) is 5.58. The molecule has 106 valence electrons. The van der Waals surface area contributed by atoms with Gasteiger partial charge in [0.15, 0.2) is 5.56 Å². The number of benzene rings is 3. The molecular weight excluding hydrogens is 286 g/mol. The second-order valence-electron chi connectivity index (χ2n) is 4.91. The van der Waals surface area contributed by atoms with E-state index >= 15 is 0 Å². The molecule has 0 radical (unpaired) electrons. The molecule has 0 fully saturated rings. The van der Waals surface area contributed by atoms with Crippen LogP contribution in [0.25, 0.3) is 21.5 Å². The number of hydrogen-bond acceptors (Lipinski definition) is 2. The molecule has 3 aromatic rings. The SMILES string of the molecule is CC(Cl)Oc1ccc2cc3c(C(N)=O)cccc3cc2c1. The molecule has 0 bridgehead atoms. The minimum atomic E-state index is -0.420. The van der Waals surface area contributed by atoms with Crippen LogP contribution in [0.1, 0.15) is 17.3 Å². The van der Waals surface area contributed by atoms with Crippen molar-refractivity contribution in [2.75, 3.05) is 0 Å². The van der Waals surface area contributed by atoms with E-state index in [-0.39, 0.29) is 5.56 Å². The molecule has 0 aliphatic heterocycles. The van der Waals surface area contributed by atoms with E-state index in [4.69, 9.17) is 22.1 Å². The number of hydrogen-bond donors (Lipinski definition) is 1. The smallest absolute Gasteiger partial charge is 0.249 e. The number of carbonyl (C=O) groups is 1. The van der Waals surface area contributed by atoms with Crippen molar-refractivity contribution in [2.24, 2.45) is 5.73 Å². The molecule has 21 heavy (non-hydrogen) atoms. The maximum absolute atomic E-state index is 11.5. The Labute approximate surface area is 127 Å². The average molecular weight is 300 g/mol. The maximum atomic E-state index is 11.5. The number of primary amides is 1.